The SMILES string of the molecule is N#Cc1cc(-c2ccc(-n3c4ccccc4c4c(-n5c6ccccc6c6ccccc65)cccc43)cc2)cc(-n2c3ccccc3c3cccc(C#N)c32)c1. The van der Waals surface area contributed by atoms with E-state index < -0.39 is 0 Å². The summed E-state index contributed by atoms with van der Waals surface area (Å²) in [4.78, 5) is 0. The fourth-order valence-corrected chi connectivity index (χ4v) is 8.80. The third-order valence-electron chi connectivity index (χ3n) is 11.1. The largest absolute Gasteiger partial charge is 0.309 e. The van der Waals surface area contributed by atoms with Crippen molar-refractivity contribution in [2.45, 2.75) is 0 Å². The average Bonchev–Trinajstić information content (AvgIpc) is 3.90. The van der Waals surface area contributed by atoms with Crippen molar-refractivity contribution in [3.05, 3.63) is 187 Å². The van der Waals surface area contributed by atoms with Crippen molar-refractivity contribution in [1.29, 1.82) is 10.5 Å². The van der Waals surface area contributed by atoms with Crippen LogP contribution in [0.5, 0.6) is 0 Å². The molecule has 0 atom stereocenters. The van der Waals surface area contributed by atoms with Crippen LogP contribution in [0.25, 0.3) is 93.6 Å². The van der Waals surface area contributed by atoms with E-state index in [4.69, 9.17) is 0 Å². The first-order valence-electron chi connectivity index (χ1n) is 18.3. The van der Waals surface area contributed by atoms with Crippen molar-refractivity contribution in [3.8, 4) is 40.3 Å². The van der Waals surface area contributed by atoms with Gasteiger partial charge in [0, 0.05) is 43.7 Å². The normalized spacial score (nSPS) is 11.6. The molecular weight excluding hydrogens is 671 g/mol. The number of nitrogens with zero attached hydrogens (tertiary/aromatic N) is 5. The highest BCUT2D eigenvalue weighted by Crippen LogP contribution is 2.41. The Balaban J connectivity index is 1.09. The van der Waals surface area contributed by atoms with Crippen LogP contribution in [-0.2, 0) is 0 Å². The van der Waals surface area contributed by atoms with Crippen LogP contribution in [-0.4, -0.2) is 13.7 Å². The van der Waals surface area contributed by atoms with Crippen LogP contribution in [0.4, 0.5) is 0 Å². The average molecular weight is 700 g/mol. The Bertz CT molecular complexity index is 3400. The van der Waals surface area contributed by atoms with Gasteiger partial charge in [0.1, 0.15) is 6.07 Å². The lowest BCUT2D eigenvalue weighted by molar-refractivity contribution is 1.17. The summed E-state index contributed by atoms with van der Waals surface area (Å²) in [5.41, 5.74) is 12.6. The van der Waals surface area contributed by atoms with E-state index in [0.717, 1.165) is 61.0 Å². The molecule has 5 heteroatoms. The summed E-state index contributed by atoms with van der Waals surface area (Å²) >= 11 is 0. The minimum absolute atomic E-state index is 0.553. The van der Waals surface area contributed by atoms with Gasteiger partial charge in [-0.3, -0.25) is 0 Å². The van der Waals surface area contributed by atoms with E-state index in [1.807, 2.05) is 36.4 Å². The first-order valence-corrected chi connectivity index (χ1v) is 18.3. The summed E-state index contributed by atoms with van der Waals surface area (Å²) in [7, 11) is 0. The van der Waals surface area contributed by atoms with Crippen molar-refractivity contribution in [2.75, 3.05) is 0 Å². The van der Waals surface area contributed by atoms with E-state index in [0.29, 0.717) is 11.1 Å². The zero-order valence-corrected chi connectivity index (χ0v) is 29.5. The Labute approximate surface area is 316 Å². The van der Waals surface area contributed by atoms with E-state index in [9.17, 15) is 10.5 Å². The van der Waals surface area contributed by atoms with Crippen LogP contribution < -0.4 is 0 Å². The maximum atomic E-state index is 10.2. The second-order valence-corrected chi connectivity index (χ2v) is 14.0. The van der Waals surface area contributed by atoms with Gasteiger partial charge in [0.05, 0.1) is 56.0 Å². The minimum Gasteiger partial charge on any atom is -0.309 e. The van der Waals surface area contributed by atoms with Crippen molar-refractivity contribution in [1.82, 2.24) is 13.7 Å². The second-order valence-electron chi connectivity index (χ2n) is 14.0. The Morgan fingerprint density at radius 1 is 0.364 bits per heavy atom. The fourth-order valence-electron chi connectivity index (χ4n) is 8.80. The van der Waals surface area contributed by atoms with Crippen LogP contribution in [0, 0.1) is 22.7 Å². The summed E-state index contributed by atoms with van der Waals surface area (Å²) in [5.74, 6) is 0. The molecule has 0 aliphatic carbocycles. The van der Waals surface area contributed by atoms with Gasteiger partial charge >= 0.3 is 0 Å². The quantitative estimate of drug-likeness (QED) is 0.184. The number of rotatable bonds is 4. The highest BCUT2D eigenvalue weighted by atomic mass is 15.0. The summed E-state index contributed by atoms with van der Waals surface area (Å²) in [5, 5.41) is 27.3. The maximum Gasteiger partial charge on any atom is 0.101 e. The van der Waals surface area contributed by atoms with E-state index in [1.165, 1.54) is 32.6 Å². The molecule has 0 aliphatic rings. The first kappa shape index (κ1) is 30.7. The summed E-state index contributed by atoms with van der Waals surface area (Å²) < 4.78 is 6.88. The summed E-state index contributed by atoms with van der Waals surface area (Å²) in [6, 6.07) is 66.0. The number of nitriles is 2. The van der Waals surface area contributed by atoms with Crippen molar-refractivity contribution >= 4 is 65.4 Å². The topological polar surface area (TPSA) is 62.4 Å². The van der Waals surface area contributed by atoms with Gasteiger partial charge in [0.25, 0.3) is 0 Å². The molecule has 3 aromatic heterocycles. The molecule has 8 aromatic carbocycles. The van der Waals surface area contributed by atoms with Gasteiger partial charge in [-0.15, -0.1) is 0 Å². The minimum atomic E-state index is 0.553. The van der Waals surface area contributed by atoms with E-state index in [1.54, 1.807) is 0 Å². The molecule has 5 nitrogen and oxygen atoms in total. The van der Waals surface area contributed by atoms with E-state index in [-0.39, 0.29) is 0 Å². The van der Waals surface area contributed by atoms with Gasteiger partial charge in [0.15, 0.2) is 0 Å². The van der Waals surface area contributed by atoms with Gasteiger partial charge < -0.3 is 13.7 Å². The molecule has 55 heavy (non-hydrogen) atoms. The van der Waals surface area contributed by atoms with Crippen LogP contribution in [0.3, 0.4) is 0 Å². The smallest absolute Gasteiger partial charge is 0.101 e. The van der Waals surface area contributed by atoms with Crippen molar-refractivity contribution in [2.24, 2.45) is 0 Å². The zero-order valence-electron chi connectivity index (χ0n) is 29.5. The molecule has 3 heterocycles. The van der Waals surface area contributed by atoms with Gasteiger partial charge in [-0.05, 0) is 83.9 Å². The number of para-hydroxylation sites is 5. The molecule has 0 fully saturated rings. The molecule has 0 bridgehead atoms. The number of fused-ring (bicyclic) bond motifs is 9. The van der Waals surface area contributed by atoms with Crippen LogP contribution in [0.15, 0.2) is 176 Å². The molecule has 0 N–H and O–H groups in total. The zero-order chi connectivity index (χ0) is 36.6. The van der Waals surface area contributed by atoms with Gasteiger partial charge in [-0.25, -0.2) is 0 Å². The summed E-state index contributed by atoms with van der Waals surface area (Å²) in [6.07, 6.45) is 0. The lowest BCUT2D eigenvalue weighted by atomic mass is 10.0. The Morgan fingerprint density at radius 2 is 0.909 bits per heavy atom. The lowest BCUT2D eigenvalue weighted by Gasteiger charge is -2.13. The van der Waals surface area contributed by atoms with Crippen LogP contribution in [0.2, 0.25) is 0 Å². The molecule has 0 spiro atoms. The Kier molecular flexibility index (Phi) is 6.61. The lowest BCUT2D eigenvalue weighted by Crippen LogP contribution is -1.98. The van der Waals surface area contributed by atoms with E-state index >= 15 is 0 Å². The number of hydrogen-bond acceptors (Lipinski definition) is 2. The maximum absolute atomic E-state index is 10.2. The van der Waals surface area contributed by atoms with Gasteiger partial charge in [-0.2, -0.15) is 10.5 Å². The third-order valence-corrected chi connectivity index (χ3v) is 11.1. The Hall–Kier alpha value is -7.86. The molecule has 0 saturated heterocycles. The predicted octanol–water partition coefficient (Wildman–Crippen LogP) is 12.4. The van der Waals surface area contributed by atoms with Crippen LogP contribution in [0.1, 0.15) is 11.1 Å². The predicted molar refractivity (Wildman–Crippen MR) is 224 cm³/mol. The molecule has 0 aliphatic heterocycles. The first-order chi connectivity index (χ1) is 27.2. The molecule has 11 rings (SSSR count). The number of aromatic nitrogens is 3. The number of hydrogen-bond donors (Lipinski definition) is 0. The van der Waals surface area contributed by atoms with Gasteiger partial charge in [0.2, 0.25) is 0 Å². The van der Waals surface area contributed by atoms with Crippen molar-refractivity contribution in [3.63, 3.8) is 0 Å². The molecule has 11 aromatic rings. The van der Waals surface area contributed by atoms with Crippen LogP contribution >= 0.6 is 0 Å². The van der Waals surface area contributed by atoms with Gasteiger partial charge in [-0.1, -0.05) is 103 Å². The second kappa shape index (κ2) is 11.8. The monoisotopic (exact) mass is 699 g/mol. The van der Waals surface area contributed by atoms with E-state index in [2.05, 4.69) is 165 Å². The molecule has 254 valence electrons. The highest BCUT2D eigenvalue weighted by molar-refractivity contribution is 6.16. The molecule has 0 unspecified atom stereocenters. The summed E-state index contributed by atoms with van der Waals surface area (Å²) in [6.45, 7) is 0. The van der Waals surface area contributed by atoms with Crippen molar-refractivity contribution < 1.29 is 0 Å². The standard InChI is InChI=1S/C50H29N5/c51-30-32-27-35(29-37(28-32)54-43-17-5-3-14-40(43)41-16-9-11-34(31-52)50(41)54)33-23-25-36(26-24-33)53-46-20-8-4-15-42(46)49-47(53)21-10-22-48(49)55-44-18-6-1-12-38(44)39-13-2-7-19-45(39)55/h1-29H. The molecule has 0 saturated carbocycles. The molecular formula is C50H29N5. The third kappa shape index (κ3) is 4.45. The fraction of sp³-hybridized carbons (Fsp3) is 0. The molecule has 0 amide bonds. The molecule has 0 radical (unpaired) electrons. The Morgan fingerprint density at radius 3 is 1.56 bits per heavy atom. The highest BCUT2D eigenvalue weighted by Gasteiger charge is 2.20. The number of benzene rings is 8.